The van der Waals surface area contributed by atoms with Crippen LogP contribution in [0.15, 0.2) is 59.5 Å². The molecule has 0 aromatic heterocycles. The molecule has 1 aliphatic carbocycles. The summed E-state index contributed by atoms with van der Waals surface area (Å²) >= 11 is 0. The fourth-order valence-corrected chi connectivity index (χ4v) is 5.32. The fraction of sp³-hybridized carbons (Fsp3) is 0.458. The van der Waals surface area contributed by atoms with Gasteiger partial charge in [-0.25, -0.2) is 12.7 Å². The van der Waals surface area contributed by atoms with Crippen LogP contribution in [0.4, 0.5) is 0 Å². The molecule has 1 aliphatic heterocycles. The Bertz CT molecular complexity index is 1030. The summed E-state index contributed by atoms with van der Waals surface area (Å²) in [5, 5.41) is 3.30. The Morgan fingerprint density at radius 3 is 2.35 bits per heavy atom. The van der Waals surface area contributed by atoms with Crippen LogP contribution in [0.1, 0.15) is 42.9 Å². The molecule has 2 aliphatic rings. The maximum absolute atomic E-state index is 13.5. The molecule has 1 N–H and O–H groups in total. The lowest BCUT2D eigenvalue weighted by molar-refractivity contribution is -0.124. The van der Waals surface area contributed by atoms with Crippen molar-refractivity contribution < 1.29 is 13.2 Å². The molecule has 1 heterocycles. The first-order chi connectivity index (χ1) is 14.8. The Labute approximate surface area is 185 Å². The summed E-state index contributed by atoms with van der Waals surface area (Å²) in [6.07, 6.45) is 3.87. The maximum Gasteiger partial charge on any atom is 0.242 e. The van der Waals surface area contributed by atoms with Gasteiger partial charge < -0.3 is 10.2 Å². The van der Waals surface area contributed by atoms with E-state index in [-0.39, 0.29) is 16.8 Å². The second kappa shape index (κ2) is 8.73. The minimum atomic E-state index is -3.54. The van der Waals surface area contributed by atoms with Crippen LogP contribution in [0.25, 0.3) is 0 Å². The number of amides is 1. The standard InChI is InChI=1S/C24H31N3O3S/c1-26(2)31(29,30)21-12-8-11-20(17-21)24(13-14-24)23(28)25-22(18-27-15-6-7-16-27)19-9-4-3-5-10-19/h3-5,8-12,17,22H,6-7,13-16,18H2,1-2H3,(H,25,28). The Morgan fingerprint density at radius 1 is 1.06 bits per heavy atom. The first-order valence-electron chi connectivity index (χ1n) is 10.9. The number of carbonyl (C=O) groups is 1. The molecule has 0 radical (unpaired) electrons. The van der Waals surface area contributed by atoms with Crippen LogP contribution < -0.4 is 5.32 Å². The number of benzene rings is 2. The molecular weight excluding hydrogens is 410 g/mol. The third kappa shape index (κ3) is 4.54. The van der Waals surface area contributed by atoms with Gasteiger partial charge in [-0.15, -0.1) is 0 Å². The molecule has 1 amide bonds. The van der Waals surface area contributed by atoms with Gasteiger partial charge in [0.1, 0.15) is 0 Å². The highest BCUT2D eigenvalue weighted by atomic mass is 32.2. The van der Waals surface area contributed by atoms with Gasteiger partial charge in [0.05, 0.1) is 16.4 Å². The molecule has 6 nitrogen and oxygen atoms in total. The lowest BCUT2D eigenvalue weighted by Crippen LogP contribution is -2.42. The van der Waals surface area contributed by atoms with Crippen molar-refractivity contribution in [3.63, 3.8) is 0 Å². The maximum atomic E-state index is 13.5. The van der Waals surface area contributed by atoms with Gasteiger partial charge in [0.25, 0.3) is 0 Å². The topological polar surface area (TPSA) is 69.7 Å². The minimum Gasteiger partial charge on any atom is -0.347 e. The number of rotatable bonds is 8. The Kier molecular flexibility index (Phi) is 6.19. The molecule has 31 heavy (non-hydrogen) atoms. The summed E-state index contributed by atoms with van der Waals surface area (Å²) in [5.74, 6) is -0.0139. The van der Waals surface area contributed by atoms with Gasteiger partial charge in [-0.05, 0) is 62.0 Å². The minimum absolute atomic E-state index is 0.0139. The molecule has 2 aromatic carbocycles. The molecule has 2 fully saturated rings. The van der Waals surface area contributed by atoms with Crippen LogP contribution in [0.2, 0.25) is 0 Å². The average Bonchev–Trinajstić information content (AvgIpc) is 3.44. The largest absolute Gasteiger partial charge is 0.347 e. The third-order valence-corrected chi connectivity index (χ3v) is 8.31. The highest BCUT2D eigenvalue weighted by molar-refractivity contribution is 7.89. The number of nitrogens with one attached hydrogen (secondary N) is 1. The van der Waals surface area contributed by atoms with Crippen molar-refractivity contribution in [2.45, 2.75) is 42.0 Å². The number of nitrogens with zero attached hydrogens (tertiary/aromatic N) is 2. The van der Waals surface area contributed by atoms with Crippen molar-refractivity contribution in [1.82, 2.24) is 14.5 Å². The summed E-state index contributed by atoms with van der Waals surface area (Å²) < 4.78 is 26.4. The zero-order valence-corrected chi connectivity index (χ0v) is 19.1. The molecule has 166 valence electrons. The van der Waals surface area contributed by atoms with Crippen molar-refractivity contribution in [2.24, 2.45) is 0 Å². The van der Waals surface area contributed by atoms with E-state index in [1.165, 1.54) is 31.2 Å². The molecule has 0 bridgehead atoms. The van der Waals surface area contributed by atoms with Gasteiger partial charge >= 0.3 is 0 Å². The molecule has 1 unspecified atom stereocenters. The lowest BCUT2D eigenvalue weighted by Gasteiger charge is -2.27. The monoisotopic (exact) mass is 441 g/mol. The van der Waals surface area contributed by atoms with Crippen molar-refractivity contribution in [3.8, 4) is 0 Å². The van der Waals surface area contributed by atoms with Crippen molar-refractivity contribution in [2.75, 3.05) is 33.7 Å². The zero-order chi connectivity index (χ0) is 22.1. The summed E-state index contributed by atoms with van der Waals surface area (Å²) in [6.45, 7) is 2.92. The predicted molar refractivity (Wildman–Crippen MR) is 121 cm³/mol. The summed E-state index contributed by atoms with van der Waals surface area (Å²) in [6, 6.07) is 16.9. The summed E-state index contributed by atoms with van der Waals surface area (Å²) in [4.78, 5) is 16.1. The van der Waals surface area contributed by atoms with Gasteiger partial charge in [-0.2, -0.15) is 0 Å². The zero-order valence-electron chi connectivity index (χ0n) is 18.3. The molecule has 1 saturated carbocycles. The van der Waals surface area contributed by atoms with Crippen LogP contribution in [0, 0.1) is 0 Å². The van der Waals surface area contributed by atoms with Crippen LogP contribution >= 0.6 is 0 Å². The Balaban J connectivity index is 1.58. The average molecular weight is 442 g/mol. The van der Waals surface area contributed by atoms with E-state index in [0.717, 1.165) is 43.6 Å². The van der Waals surface area contributed by atoms with E-state index in [9.17, 15) is 13.2 Å². The second-order valence-electron chi connectivity index (χ2n) is 8.84. The van der Waals surface area contributed by atoms with E-state index < -0.39 is 15.4 Å². The van der Waals surface area contributed by atoms with Gasteiger partial charge in [-0.3, -0.25) is 4.79 Å². The second-order valence-corrected chi connectivity index (χ2v) is 11.0. The van der Waals surface area contributed by atoms with Crippen molar-refractivity contribution in [1.29, 1.82) is 0 Å². The van der Waals surface area contributed by atoms with Crippen LogP contribution in [0.3, 0.4) is 0 Å². The predicted octanol–water partition coefficient (Wildman–Crippen LogP) is 2.92. The third-order valence-electron chi connectivity index (χ3n) is 6.50. The highest BCUT2D eigenvalue weighted by Gasteiger charge is 2.52. The Morgan fingerprint density at radius 2 is 1.74 bits per heavy atom. The summed E-state index contributed by atoms with van der Waals surface area (Å²) in [7, 11) is -0.508. The van der Waals surface area contributed by atoms with Gasteiger partial charge in [0.2, 0.25) is 15.9 Å². The van der Waals surface area contributed by atoms with E-state index in [2.05, 4.69) is 22.3 Å². The number of carbonyl (C=O) groups excluding carboxylic acids is 1. The lowest BCUT2D eigenvalue weighted by atomic mass is 9.94. The van der Waals surface area contributed by atoms with Crippen LogP contribution in [0.5, 0.6) is 0 Å². The molecule has 4 rings (SSSR count). The van der Waals surface area contributed by atoms with E-state index in [1.54, 1.807) is 18.2 Å². The van der Waals surface area contributed by atoms with Crippen molar-refractivity contribution >= 4 is 15.9 Å². The smallest absolute Gasteiger partial charge is 0.242 e. The number of hydrogen-bond acceptors (Lipinski definition) is 4. The number of hydrogen-bond donors (Lipinski definition) is 1. The van der Waals surface area contributed by atoms with Crippen molar-refractivity contribution in [3.05, 3.63) is 65.7 Å². The Hall–Kier alpha value is -2.22. The van der Waals surface area contributed by atoms with E-state index in [1.807, 2.05) is 24.3 Å². The normalized spacial score (nSPS) is 19.3. The first-order valence-corrected chi connectivity index (χ1v) is 12.4. The SMILES string of the molecule is CN(C)S(=O)(=O)c1cccc(C2(C(=O)NC(CN3CCCC3)c3ccccc3)CC2)c1. The number of likely N-dealkylation sites (tertiary alicyclic amines) is 1. The fourth-order valence-electron chi connectivity index (χ4n) is 4.38. The highest BCUT2D eigenvalue weighted by Crippen LogP contribution is 2.49. The van der Waals surface area contributed by atoms with E-state index in [4.69, 9.17) is 0 Å². The summed E-state index contributed by atoms with van der Waals surface area (Å²) in [5.41, 5.74) is 1.24. The molecule has 2 aromatic rings. The van der Waals surface area contributed by atoms with Crippen LogP contribution in [-0.2, 0) is 20.2 Å². The van der Waals surface area contributed by atoms with E-state index in [0.29, 0.717) is 0 Å². The molecule has 7 heteroatoms. The number of sulfonamides is 1. The first kappa shape index (κ1) is 22.0. The molecular formula is C24H31N3O3S. The molecule has 0 spiro atoms. The van der Waals surface area contributed by atoms with Gasteiger partial charge in [-0.1, -0.05) is 42.5 Å². The van der Waals surface area contributed by atoms with Gasteiger partial charge in [0, 0.05) is 20.6 Å². The van der Waals surface area contributed by atoms with Gasteiger partial charge in [0.15, 0.2) is 0 Å². The molecule has 1 saturated heterocycles. The quantitative estimate of drug-likeness (QED) is 0.684. The van der Waals surface area contributed by atoms with Crippen LogP contribution in [-0.4, -0.2) is 57.3 Å². The molecule has 1 atom stereocenters. The van der Waals surface area contributed by atoms with E-state index >= 15 is 0 Å².